The number of carbonyl (C=O) groups excluding carboxylic acids is 1. The van der Waals surface area contributed by atoms with E-state index < -0.39 is 5.97 Å². The van der Waals surface area contributed by atoms with E-state index in [0.29, 0.717) is 5.56 Å². The molecule has 0 amide bonds. The lowest BCUT2D eigenvalue weighted by atomic mass is 10.1. The van der Waals surface area contributed by atoms with Gasteiger partial charge in [0.05, 0.1) is 12.8 Å². The molecule has 2 aromatic heterocycles. The van der Waals surface area contributed by atoms with Gasteiger partial charge >= 0.3 is 5.97 Å². The lowest BCUT2D eigenvalue weighted by Crippen LogP contribution is -2.05. The number of carbonyl (C=O) groups is 1. The molecule has 0 aliphatic carbocycles. The molecule has 0 unspecified atom stereocenters. The summed E-state index contributed by atoms with van der Waals surface area (Å²) in [5.74, 6) is -1.30. The molecule has 0 radical (unpaired) electrons. The van der Waals surface area contributed by atoms with Crippen molar-refractivity contribution in [3.8, 4) is 22.9 Å². The molecule has 7 heteroatoms. The topological polar surface area (TPSA) is 97.0 Å². The number of ether oxygens (including phenoxy) is 1. The summed E-state index contributed by atoms with van der Waals surface area (Å²) in [7, 11) is 0. The number of rotatable bonds is 3. The van der Waals surface area contributed by atoms with E-state index in [1.165, 1.54) is 6.20 Å². The van der Waals surface area contributed by atoms with Crippen LogP contribution in [0.25, 0.3) is 16.8 Å². The SMILES string of the molecule is CCOC(=O)c1cnn2c(O)c(-c3ccccc3)c(O)nc12. The van der Waals surface area contributed by atoms with E-state index in [4.69, 9.17) is 4.74 Å². The summed E-state index contributed by atoms with van der Waals surface area (Å²) in [5.41, 5.74) is 0.840. The summed E-state index contributed by atoms with van der Waals surface area (Å²) in [6.07, 6.45) is 1.24. The predicted molar refractivity (Wildman–Crippen MR) is 77.7 cm³/mol. The molecule has 0 bridgehead atoms. The molecule has 1 aromatic carbocycles. The van der Waals surface area contributed by atoms with Gasteiger partial charge in [-0.25, -0.2) is 4.79 Å². The third kappa shape index (κ3) is 2.12. The molecule has 0 aliphatic rings. The Kier molecular flexibility index (Phi) is 3.38. The number of fused-ring (bicyclic) bond motifs is 1. The van der Waals surface area contributed by atoms with Gasteiger partial charge in [0, 0.05) is 0 Å². The van der Waals surface area contributed by atoms with Crippen LogP contribution in [0.4, 0.5) is 0 Å². The molecular weight excluding hydrogens is 286 g/mol. The lowest BCUT2D eigenvalue weighted by Gasteiger charge is -2.08. The van der Waals surface area contributed by atoms with Crippen LogP contribution in [0.15, 0.2) is 36.5 Å². The quantitative estimate of drug-likeness (QED) is 0.718. The molecule has 0 spiro atoms. The number of hydrogen-bond acceptors (Lipinski definition) is 6. The number of benzene rings is 1. The second kappa shape index (κ2) is 5.36. The maximum Gasteiger partial charge on any atom is 0.343 e. The van der Waals surface area contributed by atoms with Gasteiger partial charge in [0.2, 0.25) is 11.8 Å². The summed E-state index contributed by atoms with van der Waals surface area (Å²) in [4.78, 5) is 15.8. The van der Waals surface area contributed by atoms with Gasteiger partial charge in [-0.1, -0.05) is 30.3 Å². The molecule has 0 atom stereocenters. The average Bonchev–Trinajstić information content (AvgIpc) is 2.92. The Morgan fingerprint density at radius 1 is 1.27 bits per heavy atom. The minimum atomic E-state index is -0.615. The number of aromatic nitrogens is 3. The molecule has 0 saturated carbocycles. The van der Waals surface area contributed by atoms with Gasteiger partial charge in [0.15, 0.2) is 5.65 Å². The van der Waals surface area contributed by atoms with Crippen molar-refractivity contribution in [2.45, 2.75) is 6.92 Å². The molecule has 0 aliphatic heterocycles. The van der Waals surface area contributed by atoms with E-state index in [2.05, 4.69) is 10.1 Å². The van der Waals surface area contributed by atoms with Crippen LogP contribution in [-0.4, -0.2) is 37.4 Å². The van der Waals surface area contributed by atoms with E-state index in [0.717, 1.165) is 4.52 Å². The van der Waals surface area contributed by atoms with Gasteiger partial charge < -0.3 is 14.9 Å². The fraction of sp³-hybridized carbons (Fsp3) is 0.133. The highest BCUT2D eigenvalue weighted by molar-refractivity contribution is 5.96. The van der Waals surface area contributed by atoms with Crippen LogP contribution in [0.1, 0.15) is 17.3 Å². The molecule has 2 heterocycles. The summed E-state index contributed by atoms with van der Waals surface area (Å²) in [6.45, 7) is 1.88. The van der Waals surface area contributed by atoms with Crippen molar-refractivity contribution in [3.05, 3.63) is 42.1 Å². The number of hydrogen-bond donors (Lipinski definition) is 2. The Morgan fingerprint density at radius 2 is 2.00 bits per heavy atom. The molecule has 3 aromatic rings. The highest BCUT2D eigenvalue weighted by atomic mass is 16.5. The highest BCUT2D eigenvalue weighted by Gasteiger charge is 2.22. The summed E-state index contributed by atoms with van der Waals surface area (Å²) in [6, 6.07) is 8.80. The second-order valence-electron chi connectivity index (χ2n) is 4.51. The van der Waals surface area contributed by atoms with Crippen LogP contribution in [0.3, 0.4) is 0 Å². The van der Waals surface area contributed by atoms with Crippen LogP contribution in [0.2, 0.25) is 0 Å². The van der Waals surface area contributed by atoms with Gasteiger partial charge in [-0.05, 0) is 12.5 Å². The fourth-order valence-corrected chi connectivity index (χ4v) is 2.18. The van der Waals surface area contributed by atoms with Crippen molar-refractivity contribution in [1.82, 2.24) is 14.6 Å². The molecule has 2 N–H and O–H groups in total. The van der Waals surface area contributed by atoms with E-state index in [9.17, 15) is 15.0 Å². The van der Waals surface area contributed by atoms with Crippen LogP contribution in [0.5, 0.6) is 11.8 Å². The Bertz CT molecular complexity index is 843. The average molecular weight is 299 g/mol. The molecule has 7 nitrogen and oxygen atoms in total. The normalized spacial score (nSPS) is 10.8. The summed E-state index contributed by atoms with van der Waals surface area (Å²) in [5, 5.41) is 24.4. The summed E-state index contributed by atoms with van der Waals surface area (Å²) >= 11 is 0. The van der Waals surface area contributed by atoms with Gasteiger partial charge in [0.25, 0.3) is 0 Å². The minimum Gasteiger partial charge on any atom is -0.493 e. The monoisotopic (exact) mass is 299 g/mol. The Hall–Kier alpha value is -3.09. The van der Waals surface area contributed by atoms with Crippen LogP contribution >= 0.6 is 0 Å². The third-order valence-corrected chi connectivity index (χ3v) is 3.16. The van der Waals surface area contributed by atoms with Crippen molar-refractivity contribution in [2.75, 3.05) is 6.61 Å². The summed E-state index contributed by atoms with van der Waals surface area (Å²) < 4.78 is 5.99. The molecule has 112 valence electrons. The van der Waals surface area contributed by atoms with E-state index in [1.807, 2.05) is 6.07 Å². The minimum absolute atomic E-state index is 0.0353. The first-order chi connectivity index (χ1) is 10.6. The zero-order valence-corrected chi connectivity index (χ0v) is 11.7. The first kappa shape index (κ1) is 13.9. The molecular formula is C15H13N3O4. The van der Waals surface area contributed by atoms with Crippen molar-refractivity contribution in [2.24, 2.45) is 0 Å². The van der Waals surface area contributed by atoms with E-state index in [-0.39, 0.29) is 35.1 Å². The van der Waals surface area contributed by atoms with Crippen molar-refractivity contribution >= 4 is 11.6 Å². The fourth-order valence-electron chi connectivity index (χ4n) is 2.18. The molecule has 0 saturated heterocycles. The number of nitrogens with zero attached hydrogens (tertiary/aromatic N) is 3. The lowest BCUT2D eigenvalue weighted by molar-refractivity contribution is 0.0528. The largest absolute Gasteiger partial charge is 0.493 e. The Morgan fingerprint density at radius 3 is 2.68 bits per heavy atom. The van der Waals surface area contributed by atoms with Crippen molar-refractivity contribution in [3.63, 3.8) is 0 Å². The van der Waals surface area contributed by atoms with Crippen molar-refractivity contribution < 1.29 is 19.7 Å². The zero-order valence-electron chi connectivity index (χ0n) is 11.7. The van der Waals surface area contributed by atoms with E-state index >= 15 is 0 Å². The Balaban J connectivity index is 2.22. The van der Waals surface area contributed by atoms with Crippen molar-refractivity contribution in [1.29, 1.82) is 0 Å². The van der Waals surface area contributed by atoms with Crippen LogP contribution < -0.4 is 0 Å². The van der Waals surface area contributed by atoms with E-state index in [1.54, 1.807) is 31.2 Å². The second-order valence-corrected chi connectivity index (χ2v) is 4.51. The highest BCUT2D eigenvalue weighted by Crippen LogP contribution is 2.36. The standard InChI is InChI=1S/C15H13N3O4/c1-2-22-15(21)10-8-16-18-12(10)17-13(19)11(14(18)20)9-6-4-3-5-7-9/h3-8,20H,2H2,1H3,(H,17,19). The molecule has 22 heavy (non-hydrogen) atoms. The van der Waals surface area contributed by atoms with Crippen LogP contribution in [-0.2, 0) is 4.74 Å². The van der Waals surface area contributed by atoms with Gasteiger partial charge in [-0.3, -0.25) is 0 Å². The molecule has 0 fully saturated rings. The maximum atomic E-state index is 11.8. The first-order valence-electron chi connectivity index (χ1n) is 6.65. The van der Waals surface area contributed by atoms with Crippen LogP contribution in [0, 0.1) is 0 Å². The predicted octanol–water partition coefficient (Wildman–Crippen LogP) is 1.98. The molecule has 3 rings (SSSR count). The maximum absolute atomic E-state index is 11.8. The van der Waals surface area contributed by atoms with Gasteiger partial charge in [0.1, 0.15) is 11.1 Å². The smallest absolute Gasteiger partial charge is 0.343 e. The number of esters is 1. The first-order valence-corrected chi connectivity index (χ1v) is 6.65. The van der Waals surface area contributed by atoms with Gasteiger partial charge in [-0.2, -0.15) is 14.6 Å². The zero-order chi connectivity index (χ0) is 15.7. The van der Waals surface area contributed by atoms with Gasteiger partial charge in [-0.15, -0.1) is 0 Å². The Labute approximate surface area is 125 Å². The third-order valence-electron chi connectivity index (χ3n) is 3.16. The number of aromatic hydroxyl groups is 2.